The molecule has 1 heterocycles. The number of rotatable bonds is 3. The van der Waals surface area contributed by atoms with Gasteiger partial charge in [-0.25, -0.2) is 4.79 Å². The number of imide groups is 1. The number of hydrogen-bond acceptors (Lipinski definition) is 3. The van der Waals surface area contributed by atoms with Gasteiger partial charge in [0.1, 0.15) is 12.1 Å². The average molecular weight is 418 g/mol. The van der Waals surface area contributed by atoms with Crippen LogP contribution in [0.4, 0.5) is 23.7 Å². The van der Waals surface area contributed by atoms with Crippen LogP contribution in [0.2, 0.25) is 5.02 Å². The van der Waals surface area contributed by atoms with E-state index in [1.54, 1.807) is 0 Å². The second-order valence-corrected chi connectivity index (χ2v) is 7.59. The van der Waals surface area contributed by atoms with Crippen LogP contribution in [0.15, 0.2) is 18.2 Å². The first-order chi connectivity index (χ1) is 13.0. The van der Waals surface area contributed by atoms with E-state index in [0.717, 1.165) is 30.2 Å². The lowest BCUT2D eigenvalue weighted by molar-refractivity contribution is -0.137. The van der Waals surface area contributed by atoms with Crippen LogP contribution in [0.25, 0.3) is 0 Å². The van der Waals surface area contributed by atoms with Crippen molar-refractivity contribution in [3.8, 4) is 0 Å². The summed E-state index contributed by atoms with van der Waals surface area (Å²) in [5.41, 5.74) is -2.22. The quantitative estimate of drug-likeness (QED) is 0.734. The fourth-order valence-electron chi connectivity index (χ4n) is 3.80. The van der Waals surface area contributed by atoms with Gasteiger partial charge < -0.3 is 10.6 Å². The van der Waals surface area contributed by atoms with Crippen LogP contribution in [0.3, 0.4) is 0 Å². The standard InChI is InChI=1S/C18H19ClF3N3O3/c1-10-4-2-3-7-17(10)15(27)25(16(28)24-17)9-14(26)23-11-5-6-13(19)12(8-11)18(20,21)22/h5-6,8,10H,2-4,7,9H2,1H3,(H,23,26)(H,24,28)/t10-,17-/m0/s1. The molecule has 1 saturated carbocycles. The van der Waals surface area contributed by atoms with Gasteiger partial charge in [-0.3, -0.25) is 14.5 Å². The summed E-state index contributed by atoms with van der Waals surface area (Å²) in [7, 11) is 0. The summed E-state index contributed by atoms with van der Waals surface area (Å²) in [5, 5.41) is 4.50. The van der Waals surface area contributed by atoms with Gasteiger partial charge in [-0.15, -0.1) is 0 Å². The number of amides is 4. The molecule has 6 nitrogen and oxygen atoms in total. The zero-order chi connectivity index (χ0) is 20.7. The summed E-state index contributed by atoms with van der Waals surface area (Å²) in [5.74, 6) is -1.30. The molecule has 1 aromatic rings. The molecule has 1 saturated heterocycles. The molecule has 1 aliphatic carbocycles. The Morgan fingerprint density at radius 1 is 1.36 bits per heavy atom. The van der Waals surface area contributed by atoms with Crippen molar-refractivity contribution in [1.82, 2.24) is 10.2 Å². The van der Waals surface area contributed by atoms with Crippen LogP contribution in [0.1, 0.15) is 38.2 Å². The SMILES string of the molecule is C[C@H]1CCCC[C@]12NC(=O)N(CC(=O)Nc1ccc(Cl)c(C(F)(F)F)c1)C2=O. The molecular weight excluding hydrogens is 399 g/mol. The second-order valence-electron chi connectivity index (χ2n) is 7.18. The molecule has 0 bridgehead atoms. The van der Waals surface area contributed by atoms with Crippen molar-refractivity contribution >= 4 is 35.1 Å². The molecule has 2 atom stereocenters. The molecular formula is C18H19ClF3N3O3. The second kappa shape index (κ2) is 7.27. The maximum absolute atomic E-state index is 12.9. The Bertz CT molecular complexity index is 830. The lowest BCUT2D eigenvalue weighted by Crippen LogP contribution is -2.54. The van der Waals surface area contributed by atoms with Crippen LogP contribution in [-0.4, -0.2) is 34.8 Å². The van der Waals surface area contributed by atoms with E-state index in [-0.39, 0.29) is 11.6 Å². The molecule has 0 radical (unpaired) electrons. The molecule has 1 aliphatic heterocycles. The van der Waals surface area contributed by atoms with Gasteiger partial charge in [-0.05, 0) is 37.0 Å². The fourth-order valence-corrected chi connectivity index (χ4v) is 4.03. The molecule has 2 fully saturated rings. The topological polar surface area (TPSA) is 78.5 Å². The molecule has 2 aliphatic rings. The summed E-state index contributed by atoms with van der Waals surface area (Å²) in [6, 6.07) is 2.27. The number of carbonyl (C=O) groups excluding carboxylic acids is 3. The first-order valence-corrected chi connectivity index (χ1v) is 9.23. The van der Waals surface area contributed by atoms with E-state index in [2.05, 4.69) is 10.6 Å². The van der Waals surface area contributed by atoms with E-state index in [1.807, 2.05) is 6.92 Å². The average Bonchev–Trinajstić information content (AvgIpc) is 2.83. The zero-order valence-electron chi connectivity index (χ0n) is 15.0. The number of anilines is 1. The minimum atomic E-state index is -4.67. The van der Waals surface area contributed by atoms with Gasteiger partial charge in [0.2, 0.25) is 5.91 Å². The first kappa shape index (κ1) is 20.4. The van der Waals surface area contributed by atoms with Gasteiger partial charge in [0.05, 0.1) is 10.6 Å². The Morgan fingerprint density at radius 2 is 2.07 bits per heavy atom. The van der Waals surface area contributed by atoms with Crippen molar-refractivity contribution < 1.29 is 27.6 Å². The Hall–Kier alpha value is -2.29. The third-order valence-electron chi connectivity index (χ3n) is 5.36. The number of urea groups is 1. The van der Waals surface area contributed by atoms with Crippen molar-refractivity contribution in [2.45, 2.75) is 44.3 Å². The third kappa shape index (κ3) is 3.67. The minimum Gasteiger partial charge on any atom is -0.325 e. The molecule has 0 unspecified atom stereocenters. The number of alkyl halides is 3. The van der Waals surface area contributed by atoms with E-state index >= 15 is 0 Å². The third-order valence-corrected chi connectivity index (χ3v) is 5.69. The number of benzene rings is 1. The van der Waals surface area contributed by atoms with E-state index in [4.69, 9.17) is 11.6 Å². The molecule has 2 N–H and O–H groups in total. The Balaban J connectivity index is 1.72. The van der Waals surface area contributed by atoms with E-state index in [0.29, 0.717) is 12.5 Å². The number of nitrogens with zero attached hydrogens (tertiary/aromatic N) is 1. The normalized spacial score (nSPS) is 25.2. The molecule has 1 spiro atoms. The van der Waals surface area contributed by atoms with Crippen LogP contribution in [0.5, 0.6) is 0 Å². The summed E-state index contributed by atoms with van der Waals surface area (Å²) in [6.07, 6.45) is -1.63. The zero-order valence-corrected chi connectivity index (χ0v) is 15.8. The summed E-state index contributed by atoms with van der Waals surface area (Å²) < 4.78 is 38.8. The smallest absolute Gasteiger partial charge is 0.325 e. The summed E-state index contributed by atoms with van der Waals surface area (Å²) >= 11 is 5.55. The monoisotopic (exact) mass is 417 g/mol. The highest BCUT2D eigenvalue weighted by atomic mass is 35.5. The van der Waals surface area contributed by atoms with E-state index in [9.17, 15) is 27.6 Å². The number of carbonyl (C=O) groups is 3. The highest BCUT2D eigenvalue weighted by Crippen LogP contribution is 2.38. The molecule has 1 aromatic carbocycles. The van der Waals surface area contributed by atoms with Crippen LogP contribution in [-0.2, 0) is 15.8 Å². The molecule has 152 valence electrons. The van der Waals surface area contributed by atoms with Crippen molar-refractivity contribution in [2.24, 2.45) is 5.92 Å². The van der Waals surface area contributed by atoms with E-state index < -0.39 is 46.7 Å². The number of halogens is 4. The van der Waals surface area contributed by atoms with E-state index in [1.165, 1.54) is 6.07 Å². The minimum absolute atomic E-state index is 0.0589. The van der Waals surface area contributed by atoms with Gasteiger partial charge in [0.15, 0.2) is 0 Å². The highest BCUT2D eigenvalue weighted by molar-refractivity contribution is 6.31. The summed E-state index contributed by atoms with van der Waals surface area (Å²) in [4.78, 5) is 38.2. The number of nitrogens with one attached hydrogen (secondary N) is 2. The predicted octanol–water partition coefficient (Wildman–Crippen LogP) is 3.80. The van der Waals surface area contributed by atoms with Gasteiger partial charge in [-0.2, -0.15) is 13.2 Å². The highest BCUT2D eigenvalue weighted by Gasteiger charge is 2.55. The van der Waals surface area contributed by atoms with Gasteiger partial charge in [0, 0.05) is 5.69 Å². The number of hydrogen-bond donors (Lipinski definition) is 2. The predicted molar refractivity (Wildman–Crippen MR) is 95.7 cm³/mol. The maximum atomic E-state index is 12.9. The Morgan fingerprint density at radius 3 is 2.71 bits per heavy atom. The van der Waals surface area contributed by atoms with Gasteiger partial charge in [-0.1, -0.05) is 31.4 Å². The molecule has 10 heteroatoms. The Kier molecular flexibility index (Phi) is 5.31. The molecule has 3 rings (SSSR count). The Labute approximate surface area is 164 Å². The lowest BCUT2D eigenvalue weighted by atomic mass is 9.73. The fraction of sp³-hybridized carbons (Fsp3) is 0.500. The van der Waals surface area contributed by atoms with Crippen LogP contribution < -0.4 is 10.6 Å². The van der Waals surface area contributed by atoms with Crippen molar-refractivity contribution in [3.05, 3.63) is 28.8 Å². The van der Waals surface area contributed by atoms with Crippen LogP contribution >= 0.6 is 11.6 Å². The van der Waals surface area contributed by atoms with Gasteiger partial charge in [0.25, 0.3) is 5.91 Å². The first-order valence-electron chi connectivity index (χ1n) is 8.85. The molecule has 4 amide bonds. The molecule has 28 heavy (non-hydrogen) atoms. The lowest BCUT2D eigenvalue weighted by Gasteiger charge is -2.36. The largest absolute Gasteiger partial charge is 0.417 e. The van der Waals surface area contributed by atoms with Gasteiger partial charge >= 0.3 is 12.2 Å². The van der Waals surface area contributed by atoms with Crippen molar-refractivity contribution in [2.75, 3.05) is 11.9 Å². The molecule has 0 aromatic heterocycles. The van der Waals surface area contributed by atoms with Crippen molar-refractivity contribution in [3.63, 3.8) is 0 Å². The maximum Gasteiger partial charge on any atom is 0.417 e. The van der Waals surface area contributed by atoms with Crippen molar-refractivity contribution in [1.29, 1.82) is 0 Å². The van der Waals surface area contributed by atoms with Crippen LogP contribution in [0, 0.1) is 5.92 Å². The summed E-state index contributed by atoms with van der Waals surface area (Å²) in [6.45, 7) is 1.30.